The number of hydrogen-bond donors (Lipinski definition) is 4. The number of thiophene rings is 1. The summed E-state index contributed by atoms with van der Waals surface area (Å²) in [6.07, 6.45) is 5.17. The molecule has 10 nitrogen and oxygen atoms in total. The Hall–Kier alpha value is -1.99. The fourth-order valence-corrected chi connectivity index (χ4v) is 5.26. The molecule has 1 heterocycles. The number of likely N-dealkylation sites (N-methyl/N-ethyl adjacent to an activating group) is 3. The second-order valence-corrected chi connectivity index (χ2v) is 14.1. The molecule has 1 rings (SSSR count). The van der Waals surface area contributed by atoms with Crippen LogP contribution in [0.15, 0.2) is 21.7 Å². The highest BCUT2D eigenvalue weighted by molar-refractivity contribution is 7.98. The molecule has 1 aromatic heterocycles. The van der Waals surface area contributed by atoms with Gasteiger partial charge in [-0.15, -0.1) is 11.3 Å². The van der Waals surface area contributed by atoms with Gasteiger partial charge in [-0.25, -0.2) is 9.10 Å². The van der Waals surface area contributed by atoms with Gasteiger partial charge in [-0.05, 0) is 75.8 Å². The molecule has 0 aliphatic heterocycles. The summed E-state index contributed by atoms with van der Waals surface area (Å²) in [4.78, 5) is 43.8. The Morgan fingerprint density at radius 2 is 1.65 bits per heavy atom. The van der Waals surface area contributed by atoms with Crippen molar-refractivity contribution in [3.63, 3.8) is 0 Å². The molecule has 2 amide bonds. The Labute approximate surface area is 290 Å². The van der Waals surface area contributed by atoms with E-state index in [1.54, 1.807) is 18.3 Å². The number of aliphatic carboxylic acids is 1. The van der Waals surface area contributed by atoms with Crippen molar-refractivity contribution in [3.05, 3.63) is 17.5 Å². The normalized spacial score (nSPS) is 13.0. The predicted molar refractivity (Wildman–Crippen MR) is 199 cm³/mol. The van der Waals surface area contributed by atoms with Gasteiger partial charge in [0.2, 0.25) is 12.3 Å². The lowest BCUT2D eigenvalue weighted by atomic mass is 9.87. The topological polar surface area (TPSA) is 131 Å². The molecule has 0 spiro atoms. The van der Waals surface area contributed by atoms with Crippen LogP contribution in [0.25, 0.3) is 0 Å². The van der Waals surface area contributed by atoms with Gasteiger partial charge in [0.1, 0.15) is 12.3 Å². The Balaban J connectivity index is -0.000000293. The van der Waals surface area contributed by atoms with Crippen LogP contribution in [-0.4, -0.2) is 97.8 Å². The molecule has 0 aliphatic carbocycles. The van der Waals surface area contributed by atoms with Crippen molar-refractivity contribution < 1.29 is 24.3 Å². The summed E-state index contributed by atoms with van der Waals surface area (Å²) in [6.45, 7) is 24.7. The van der Waals surface area contributed by atoms with Gasteiger partial charge in [0.05, 0.1) is 16.8 Å². The third-order valence-corrected chi connectivity index (χ3v) is 8.49. The van der Waals surface area contributed by atoms with E-state index in [-0.39, 0.29) is 24.4 Å². The number of rotatable bonds is 17. The van der Waals surface area contributed by atoms with Crippen molar-refractivity contribution in [2.24, 2.45) is 11.3 Å². The minimum atomic E-state index is -0.967. The van der Waals surface area contributed by atoms with E-state index in [2.05, 4.69) is 86.4 Å². The zero-order chi connectivity index (χ0) is 36.7. The number of carbonyl (C=O) groups excluding carboxylic acids is 3. The number of nitrogens with zero attached hydrogens (tertiary/aromatic N) is 2. The van der Waals surface area contributed by atoms with Crippen molar-refractivity contribution in [3.8, 4) is 0 Å². The van der Waals surface area contributed by atoms with E-state index in [1.165, 1.54) is 10.6 Å². The number of aldehydes is 1. The number of carboxylic acid groups (broad SMARTS) is 1. The van der Waals surface area contributed by atoms with Crippen molar-refractivity contribution in [2.75, 3.05) is 40.8 Å². The molecule has 4 N–H and O–H groups in total. The molecule has 0 bridgehead atoms. The fraction of sp³-hybridized carbons (Fsp3) is 0.765. The minimum Gasteiger partial charge on any atom is -0.480 e. The Morgan fingerprint density at radius 3 is 2.00 bits per heavy atom. The largest absolute Gasteiger partial charge is 0.480 e. The smallest absolute Gasteiger partial charge is 0.326 e. The number of unbranched alkanes of at least 4 members (excludes halogenated alkanes) is 1. The molecule has 4 atom stereocenters. The van der Waals surface area contributed by atoms with Crippen LogP contribution in [0.4, 0.5) is 0 Å². The summed E-state index contributed by atoms with van der Waals surface area (Å²) in [6, 6.07) is 3.65. The monoisotopic (exact) mass is 691 g/mol. The average molecular weight is 692 g/mol. The van der Waals surface area contributed by atoms with E-state index in [9.17, 15) is 19.2 Å². The molecule has 12 heteroatoms. The molecule has 3 unspecified atom stereocenters. The molecule has 272 valence electrons. The van der Waals surface area contributed by atoms with E-state index in [0.717, 1.165) is 32.4 Å². The Morgan fingerprint density at radius 1 is 1.09 bits per heavy atom. The lowest BCUT2D eigenvalue weighted by Crippen LogP contribution is -2.51. The van der Waals surface area contributed by atoms with Crippen LogP contribution in [-0.2, 0) is 19.2 Å². The van der Waals surface area contributed by atoms with Crippen LogP contribution in [0, 0.1) is 11.3 Å². The summed E-state index contributed by atoms with van der Waals surface area (Å²) in [5.74, 6) is -1.26. The van der Waals surface area contributed by atoms with E-state index in [4.69, 9.17) is 5.11 Å². The Kier molecular flexibility index (Phi) is 36.4. The number of carbonyl (C=O) groups is 4. The lowest BCUT2D eigenvalue weighted by Gasteiger charge is -2.33. The van der Waals surface area contributed by atoms with Gasteiger partial charge in [-0.3, -0.25) is 14.5 Å². The van der Waals surface area contributed by atoms with Crippen LogP contribution in [0.2, 0.25) is 0 Å². The van der Waals surface area contributed by atoms with Crippen molar-refractivity contribution in [2.45, 2.75) is 124 Å². The molecule has 1 aromatic rings. The van der Waals surface area contributed by atoms with Crippen molar-refractivity contribution in [1.82, 2.24) is 25.2 Å². The van der Waals surface area contributed by atoms with Gasteiger partial charge >= 0.3 is 5.97 Å². The van der Waals surface area contributed by atoms with E-state index in [0.29, 0.717) is 24.2 Å². The van der Waals surface area contributed by atoms with Crippen LogP contribution >= 0.6 is 23.3 Å². The highest BCUT2D eigenvalue weighted by Crippen LogP contribution is 2.28. The number of carboxylic acids is 1. The highest BCUT2D eigenvalue weighted by Gasteiger charge is 2.28. The van der Waals surface area contributed by atoms with Gasteiger partial charge in [-0.1, -0.05) is 94.6 Å². The summed E-state index contributed by atoms with van der Waals surface area (Å²) >= 11 is 3.62. The number of hydrogen-bond acceptors (Lipinski definition) is 9. The molecule has 0 radical (unpaired) electrons. The molecule has 0 saturated heterocycles. The zero-order valence-electron chi connectivity index (χ0n) is 31.4. The van der Waals surface area contributed by atoms with E-state index >= 15 is 0 Å². The van der Waals surface area contributed by atoms with Crippen molar-refractivity contribution in [1.29, 1.82) is 0 Å². The lowest BCUT2D eigenvalue weighted by molar-refractivity contribution is -0.144. The zero-order valence-corrected chi connectivity index (χ0v) is 33.1. The number of nitrogens with one attached hydrogen (secondary N) is 3. The first-order valence-electron chi connectivity index (χ1n) is 16.5. The maximum atomic E-state index is 12.1. The first kappa shape index (κ1) is 50.9. The SMILES string of the molecule is CC.CCC.CCCCN(C)[C@H](C)C(=O)NC(C(=O)O)C(C)CC.CNC(CN(C)Sc1cccs1)C(C)(C)C.O=CCNC=O. The summed E-state index contributed by atoms with van der Waals surface area (Å²) in [7, 11) is 6.08. The summed E-state index contributed by atoms with van der Waals surface area (Å²) in [5.41, 5.74) is 0.291. The van der Waals surface area contributed by atoms with Gasteiger partial charge < -0.3 is 25.9 Å². The Bertz CT molecular complexity index is 845. The van der Waals surface area contributed by atoms with Crippen LogP contribution < -0.4 is 16.0 Å². The maximum absolute atomic E-state index is 12.1. The third-order valence-electron chi connectivity index (χ3n) is 6.54. The second-order valence-electron chi connectivity index (χ2n) is 11.7. The first-order chi connectivity index (χ1) is 21.6. The minimum absolute atomic E-state index is 0.0744. The summed E-state index contributed by atoms with van der Waals surface area (Å²) in [5, 5.41) is 19.5. The molecular weight excluding hydrogens is 623 g/mol. The predicted octanol–water partition coefficient (Wildman–Crippen LogP) is 6.42. The molecule has 0 aromatic carbocycles. The standard InChI is InChI=1S/C14H28N2O3.C12H22N2S2.C3H5NO2.C3H8.C2H6/c1-6-8-9-16(5)11(4)13(17)15-12(14(18)19)10(3)7-2;1-12(2,3)10(13-4)9-14(5)16-11-7-6-8-15-11;5-2-1-4-3-6;1-3-2;1-2/h10-12H,6-9H2,1-5H3,(H,15,17)(H,18,19);6-8,10,13H,9H2,1-5H3;2-3H,1H2,(H,4,6);3H2,1-2H3;1-2H3/t10?,11-,12?;;;;/m1..../s1. The third kappa shape index (κ3) is 28.3. The van der Waals surface area contributed by atoms with Gasteiger partial charge in [0.15, 0.2) is 0 Å². The van der Waals surface area contributed by atoms with Gasteiger partial charge in [-0.2, -0.15) is 0 Å². The average Bonchev–Trinajstić information content (AvgIpc) is 3.53. The maximum Gasteiger partial charge on any atom is 0.326 e. The highest BCUT2D eigenvalue weighted by atomic mass is 32.2. The second kappa shape index (κ2) is 32.9. The molecule has 0 aliphatic rings. The van der Waals surface area contributed by atoms with E-state index in [1.807, 2.05) is 58.6 Å². The van der Waals surface area contributed by atoms with Crippen LogP contribution in [0.1, 0.15) is 102 Å². The van der Waals surface area contributed by atoms with E-state index < -0.39 is 12.0 Å². The molecule has 46 heavy (non-hydrogen) atoms. The van der Waals surface area contributed by atoms with Crippen LogP contribution in [0.3, 0.4) is 0 Å². The van der Waals surface area contributed by atoms with Crippen molar-refractivity contribution >= 4 is 47.9 Å². The molecule has 0 fully saturated rings. The summed E-state index contributed by atoms with van der Waals surface area (Å²) < 4.78 is 3.66. The van der Waals surface area contributed by atoms with Gasteiger partial charge in [0.25, 0.3) is 0 Å². The first-order valence-corrected chi connectivity index (χ1v) is 18.2. The molecule has 0 saturated carbocycles. The quantitative estimate of drug-likeness (QED) is 0.0831. The van der Waals surface area contributed by atoms with Gasteiger partial charge in [0, 0.05) is 12.6 Å². The number of amides is 2. The fourth-order valence-electron chi connectivity index (χ4n) is 3.42. The van der Waals surface area contributed by atoms with Crippen LogP contribution in [0.5, 0.6) is 0 Å². The molecular formula is C34H69N5O5S2.